The number of hydrogen-bond acceptors (Lipinski definition) is 4. The van der Waals surface area contributed by atoms with Gasteiger partial charge in [-0.3, -0.25) is 4.90 Å². The molecule has 1 aromatic carbocycles. The number of benzene rings is 1. The first kappa shape index (κ1) is 15.3. The van der Waals surface area contributed by atoms with Crippen LogP contribution in [0.1, 0.15) is 19.8 Å². The van der Waals surface area contributed by atoms with Gasteiger partial charge in [-0.2, -0.15) is 0 Å². The van der Waals surface area contributed by atoms with E-state index in [0.717, 1.165) is 30.5 Å². The van der Waals surface area contributed by atoms with Crippen molar-refractivity contribution in [2.75, 3.05) is 25.0 Å². The molecule has 3 nitrogen and oxygen atoms in total. The summed E-state index contributed by atoms with van der Waals surface area (Å²) in [7, 11) is 0. The number of nitrogens with one attached hydrogen (secondary N) is 1. The van der Waals surface area contributed by atoms with E-state index in [9.17, 15) is 0 Å². The SMILES string of the molecule is C=C(C)CN1CCC(Nc2nc(-c3ccccc3)cs2)CC1. The standard InChI is InChI=1S/C18H23N3S/c1-14(2)12-21-10-8-16(9-11-21)19-18-20-17(13-22-18)15-6-4-3-5-7-15/h3-7,13,16H,1,8-12H2,2H3,(H,19,20). The molecule has 2 aromatic rings. The zero-order chi connectivity index (χ0) is 15.4. The van der Waals surface area contributed by atoms with Crippen molar-refractivity contribution in [1.82, 2.24) is 9.88 Å². The van der Waals surface area contributed by atoms with Crippen LogP contribution < -0.4 is 5.32 Å². The van der Waals surface area contributed by atoms with Crippen molar-refractivity contribution in [3.8, 4) is 11.3 Å². The molecule has 1 N–H and O–H groups in total. The third-order valence-corrected chi connectivity index (χ3v) is 4.76. The highest BCUT2D eigenvalue weighted by molar-refractivity contribution is 7.14. The number of rotatable bonds is 5. The molecule has 2 heterocycles. The van der Waals surface area contributed by atoms with Crippen LogP contribution in [-0.4, -0.2) is 35.6 Å². The van der Waals surface area contributed by atoms with Gasteiger partial charge < -0.3 is 5.32 Å². The zero-order valence-electron chi connectivity index (χ0n) is 13.1. The molecule has 0 aliphatic carbocycles. The van der Waals surface area contributed by atoms with Crippen LogP contribution in [0.3, 0.4) is 0 Å². The van der Waals surface area contributed by atoms with Crippen molar-refractivity contribution in [2.24, 2.45) is 0 Å². The summed E-state index contributed by atoms with van der Waals surface area (Å²) in [4.78, 5) is 7.21. The molecule has 0 radical (unpaired) electrons. The third kappa shape index (κ3) is 3.96. The molecule has 116 valence electrons. The van der Waals surface area contributed by atoms with Gasteiger partial charge in [-0.1, -0.05) is 42.5 Å². The molecule has 0 atom stereocenters. The van der Waals surface area contributed by atoms with E-state index in [0.29, 0.717) is 6.04 Å². The molecule has 1 aliphatic rings. The molecule has 4 heteroatoms. The van der Waals surface area contributed by atoms with Crippen molar-refractivity contribution >= 4 is 16.5 Å². The molecule has 3 rings (SSSR count). The van der Waals surface area contributed by atoms with Crippen LogP contribution in [-0.2, 0) is 0 Å². The van der Waals surface area contributed by atoms with E-state index < -0.39 is 0 Å². The third-order valence-electron chi connectivity index (χ3n) is 3.98. The van der Waals surface area contributed by atoms with Gasteiger partial charge in [0.1, 0.15) is 0 Å². The first-order chi connectivity index (χ1) is 10.7. The lowest BCUT2D eigenvalue weighted by atomic mass is 10.0. The molecule has 1 aromatic heterocycles. The number of anilines is 1. The molecule has 1 fully saturated rings. The summed E-state index contributed by atoms with van der Waals surface area (Å²) in [6, 6.07) is 10.9. The second-order valence-corrected chi connectivity index (χ2v) is 6.91. The Balaban J connectivity index is 1.55. The van der Waals surface area contributed by atoms with Gasteiger partial charge in [0.25, 0.3) is 0 Å². The smallest absolute Gasteiger partial charge is 0.183 e. The van der Waals surface area contributed by atoms with Gasteiger partial charge in [0.15, 0.2) is 5.13 Å². The quantitative estimate of drug-likeness (QED) is 0.836. The Morgan fingerprint density at radius 2 is 2.05 bits per heavy atom. The molecule has 0 bridgehead atoms. The van der Waals surface area contributed by atoms with Crippen LogP contribution in [0.2, 0.25) is 0 Å². The van der Waals surface area contributed by atoms with Gasteiger partial charge in [0, 0.05) is 36.6 Å². The largest absolute Gasteiger partial charge is 0.359 e. The molecule has 22 heavy (non-hydrogen) atoms. The number of thiazole rings is 1. The van der Waals surface area contributed by atoms with Gasteiger partial charge in [-0.15, -0.1) is 11.3 Å². The number of likely N-dealkylation sites (tertiary alicyclic amines) is 1. The lowest BCUT2D eigenvalue weighted by molar-refractivity contribution is 0.236. The van der Waals surface area contributed by atoms with E-state index in [4.69, 9.17) is 4.98 Å². The monoisotopic (exact) mass is 313 g/mol. The van der Waals surface area contributed by atoms with E-state index in [1.807, 2.05) is 6.07 Å². The predicted molar refractivity (Wildman–Crippen MR) is 95.4 cm³/mol. The van der Waals surface area contributed by atoms with Gasteiger partial charge in [-0.05, 0) is 19.8 Å². The summed E-state index contributed by atoms with van der Waals surface area (Å²) in [5.74, 6) is 0. The topological polar surface area (TPSA) is 28.2 Å². The Morgan fingerprint density at radius 1 is 1.32 bits per heavy atom. The summed E-state index contributed by atoms with van der Waals surface area (Å²) in [5, 5.41) is 6.78. The Kier molecular flexibility index (Phi) is 4.90. The fourth-order valence-electron chi connectivity index (χ4n) is 2.87. The summed E-state index contributed by atoms with van der Waals surface area (Å²) < 4.78 is 0. The molecule has 1 aliphatic heterocycles. The van der Waals surface area contributed by atoms with Crippen LogP contribution in [0.15, 0.2) is 47.9 Å². The Hall–Kier alpha value is -1.65. The number of nitrogens with zero attached hydrogens (tertiary/aromatic N) is 2. The van der Waals surface area contributed by atoms with Crippen molar-refractivity contribution in [3.05, 3.63) is 47.9 Å². The highest BCUT2D eigenvalue weighted by Gasteiger charge is 2.19. The van der Waals surface area contributed by atoms with Crippen molar-refractivity contribution in [1.29, 1.82) is 0 Å². The molecule has 0 spiro atoms. The highest BCUT2D eigenvalue weighted by Crippen LogP contribution is 2.26. The maximum absolute atomic E-state index is 4.72. The van der Waals surface area contributed by atoms with Crippen LogP contribution in [0.25, 0.3) is 11.3 Å². The Morgan fingerprint density at radius 3 is 2.73 bits per heavy atom. The Labute approximate surface area is 136 Å². The van der Waals surface area contributed by atoms with Crippen molar-refractivity contribution < 1.29 is 0 Å². The van der Waals surface area contributed by atoms with Gasteiger partial charge >= 0.3 is 0 Å². The average molecular weight is 313 g/mol. The normalized spacial score (nSPS) is 16.6. The van der Waals surface area contributed by atoms with E-state index in [1.54, 1.807) is 11.3 Å². The maximum Gasteiger partial charge on any atom is 0.183 e. The summed E-state index contributed by atoms with van der Waals surface area (Å²) in [6.45, 7) is 9.41. The zero-order valence-corrected chi connectivity index (χ0v) is 13.9. The van der Waals surface area contributed by atoms with E-state index in [1.165, 1.54) is 24.0 Å². The summed E-state index contributed by atoms with van der Waals surface area (Å²) >= 11 is 1.70. The number of piperidine rings is 1. The van der Waals surface area contributed by atoms with Crippen LogP contribution >= 0.6 is 11.3 Å². The highest BCUT2D eigenvalue weighted by atomic mass is 32.1. The second-order valence-electron chi connectivity index (χ2n) is 6.06. The molecular formula is C18H23N3S. The minimum atomic E-state index is 0.538. The fraction of sp³-hybridized carbons (Fsp3) is 0.389. The lowest BCUT2D eigenvalue weighted by Gasteiger charge is -2.32. The van der Waals surface area contributed by atoms with Gasteiger partial charge in [-0.25, -0.2) is 4.98 Å². The maximum atomic E-state index is 4.72. The first-order valence-electron chi connectivity index (χ1n) is 7.85. The van der Waals surface area contributed by atoms with E-state index in [2.05, 4.69) is 53.4 Å². The minimum Gasteiger partial charge on any atom is -0.359 e. The average Bonchev–Trinajstić information content (AvgIpc) is 2.98. The predicted octanol–water partition coefficient (Wildman–Crippen LogP) is 4.26. The van der Waals surface area contributed by atoms with Crippen LogP contribution in [0, 0.1) is 0 Å². The molecule has 0 amide bonds. The van der Waals surface area contributed by atoms with Crippen molar-refractivity contribution in [2.45, 2.75) is 25.8 Å². The first-order valence-corrected chi connectivity index (χ1v) is 8.73. The Bertz CT molecular complexity index is 612. The van der Waals surface area contributed by atoms with Gasteiger partial charge in [0.2, 0.25) is 0 Å². The summed E-state index contributed by atoms with van der Waals surface area (Å²) in [6.07, 6.45) is 2.35. The molecule has 0 saturated carbocycles. The fourth-order valence-corrected chi connectivity index (χ4v) is 3.67. The number of aromatic nitrogens is 1. The van der Waals surface area contributed by atoms with Crippen LogP contribution in [0.5, 0.6) is 0 Å². The number of hydrogen-bond donors (Lipinski definition) is 1. The van der Waals surface area contributed by atoms with Crippen LogP contribution in [0.4, 0.5) is 5.13 Å². The summed E-state index contributed by atoms with van der Waals surface area (Å²) in [5.41, 5.74) is 3.50. The van der Waals surface area contributed by atoms with E-state index in [-0.39, 0.29) is 0 Å². The molecule has 1 saturated heterocycles. The van der Waals surface area contributed by atoms with E-state index >= 15 is 0 Å². The lowest BCUT2D eigenvalue weighted by Crippen LogP contribution is -2.39. The molecular weight excluding hydrogens is 290 g/mol. The van der Waals surface area contributed by atoms with Crippen molar-refractivity contribution in [3.63, 3.8) is 0 Å². The second kappa shape index (κ2) is 7.07. The van der Waals surface area contributed by atoms with Gasteiger partial charge in [0.05, 0.1) is 5.69 Å². The minimum absolute atomic E-state index is 0.538. The molecule has 0 unspecified atom stereocenters.